The minimum atomic E-state index is -0.859. The molecule has 0 aromatic heterocycles. The number of ether oxygens (including phenoxy) is 5. The molecule has 7 heteroatoms. The lowest BCUT2D eigenvalue weighted by molar-refractivity contribution is -0.229. The molecule has 0 bridgehead atoms. The molecule has 26 heavy (non-hydrogen) atoms. The molecule has 3 heterocycles. The highest BCUT2D eigenvalue weighted by Gasteiger charge is 2.62. The van der Waals surface area contributed by atoms with E-state index < -0.39 is 42.3 Å². The number of aryl methyl sites for hydroxylation is 1. The fourth-order valence-electron chi connectivity index (χ4n) is 3.67. The molecule has 3 aliphatic rings. The van der Waals surface area contributed by atoms with E-state index in [1.54, 1.807) is 0 Å². The van der Waals surface area contributed by atoms with Crippen LogP contribution >= 0.6 is 0 Å². The third-order valence-electron chi connectivity index (χ3n) is 4.73. The summed E-state index contributed by atoms with van der Waals surface area (Å²) in [5, 5.41) is 2.88. The number of rotatable bonds is 2. The maximum atomic E-state index is 12.9. The lowest BCUT2D eigenvalue weighted by Crippen LogP contribution is -2.58. The predicted octanol–water partition coefficient (Wildman–Crippen LogP) is 2.33. The molecule has 142 valence electrons. The smallest absolute Gasteiger partial charge is 0.256 e. The molecular weight excluding hydrogens is 338 g/mol. The SMILES string of the molecule is Cc1ccc(NC(=O)[C@@H]2O[C@@H]3OC(C)(C)O[C@@H]3[C@H]3OC(C)(C)O[C@@H]32)cc1. The summed E-state index contributed by atoms with van der Waals surface area (Å²) >= 11 is 0. The highest BCUT2D eigenvalue weighted by Crippen LogP contribution is 2.44. The summed E-state index contributed by atoms with van der Waals surface area (Å²) in [5.74, 6) is -1.93. The first-order valence-electron chi connectivity index (χ1n) is 8.88. The molecule has 1 aromatic carbocycles. The zero-order chi connectivity index (χ0) is 18.7. The summed E-state index contributed by atoms with van der Waals surface area (Å²) in [4.78, 5) is 12.9. The first-order chi connectivity index (χ1) is 12.1. The zero-order valence-corrected chi connectivity index (χ0v) is 15.6. The number of nitrogens with one attached hydrogen (secondary N) is 1. The molecule has 7 nitrogen and oxygen atoms in total. The maximum Gasteiger partial charge on any atom is 0.256 e. The van der Waals surface area contributed by atoms with Crippen LogP contribution in [-0.4, -0.2) is 48.2 Å². The van der Waals surface area contributed by atoms with Gasteiger partial charge in [0, 0.05) is 5.69 Å². The van der Waals surface area contributed by atoms with Gasteiger partial charge in [0.05, 0.1) is 0 Å². The lowest BCUT2D eigenvalue weighted by atomic mass is 9.98. The quantitative estimate of drug-likeness (QED) is 0.869. The molecule has 0 radical (unpaired) electrons. The van der Waals surface area contributed by atoms with Gasteiger partial charge >= 0.3 is 0 Å². The molecule has 3 saturated heterocycles. The van der Waals surface area contributed by atoms with Crippen LogP contribution in [0.3, 0.4) is 0 Å². The molecule has 1 N–H and O–H groups in total. The number of hydrogen-bond donors (Lipinski definition) is 1. The molecule has 3 aliphatic heterocycles. The monoisotopic (exact) mass is 363 g/mol. The van der Waals surface area contributed by atoms with Crippen LogP contribution in [0.15, 0.2) is 24.3 Å². The average molecular weight is 363 g/mol. The molecule has 0 aliphatic carbocycles. The second kappa shape index (κ2) is 6.00. The molecule has 3 fully saturated rings. The Kier molecular flexibility index (Phi) is 4.13. The Morgan fingerprint density at radius 2 is 1.46 bits per heavy atom. The zero-order valence-electron chi connectivity index (χ0n) is 15.6. The molecule has 1 amide bonds. The Balaban J connectivity index is 1.57. The van der Waals surface area contributed by atoms with Crippen LogP contribution in [0.1, 0.15) is 33.3 Å². The van der Waals surface area contributed by atoms with Gasteiger partial charge in [0.15, 0.2) is 24.0 Å². The van der Waals surface area contributed by atoms with Crippen molar-refractivity contribution in [3.05, 3.63) is 29.8 Å². The predicted molar refractivity (Wildman–Crippen MR) is 92.3 cm³/mol. The number of amides is 1. The van der Waals surface area contributed by atoms with Crippen molar-refractivity contribution in [3.8, 4) is 0 Å². The van der Waals surface area contributed by atoms with E-state index >= 15 is 0 Å². The third-order valence-corrected chi connectivity index (χ3v) is 4.73. The van der Waals surface area contributed by atoms with Crippen LogP contribution in [0.4, 0.5) is 5.69 Å². The molecule has 0 spiro atoms. The van der Waals surface area contributed by atoms with Crippen molar-refractivity contribution >= 4 is 11.6 Å². The Labute approximate surface area is 152 Å². The maximum absolute atomic E-state index is 12.9. The van der Waals surface area contributed by atoms with E-state index in [2.05, 4.69) is 5.32 Å². The topological polar surface area (TPSA) is 75.3 Å². The lowest BCUT2D eigenvalue weighted by Gasteiger charge is -2.36. The van der Waals surface area contributed by atoms with E-state index in [-0.39, 0.29) is 5.91 Å². The summed E-state index contributed by atoms with van der Waals surface area (Å²) in [6, 6.07) is 7.57. The van der Waals surface area contributed by atoms with Crippen LogP contribution in [-0.2, 0) is 28.5 Å². The Morgan fingerprint density at radius 3 is 2.15 bits per heavy atom. The normalized spacial score (nSPS) is 37.0. The molecule has 0 saturated carbocycles. The van der Waals surface area contributed by atoms with E-state index in [1.165, 1.54) is 0 Å². The summed E-state index contributed by atoms with van der Waals surface area (Å²) in [7, 11) is 0. The summed E-state index contributed by atoms with van der Waals surface area (Å²) in [6.45, 7) is 9.25. The first kappa shape index (κ1) is 17.9. The number of carbonyl (C=O) groups is 1. The third kappa shape index (κ3) is 3.25. The molecule has 5 atom stereocenters. The summed E-state index contributed by atoms with van der Waals surface area (Å²) < 4.78 is 29.7. The van der Waals surface area contributed by atoms with Crippen molar-refractivity contribution in [2.24, 2.45) is 0 Å². The van der Waals surface area contributed by atoms with Crippen LogP contribution in [0.25, 0.3) is 0 Å². The molecule has 1 aromatic rings. The van der Waals surface area contributed by atoms with Crippen LogP contribution in [0.5, 0.6) is 0 Å². The molecule has 4 rings (SSSR count). The van der Waals surface area contributed by atoms with Crippen molar-refractivity contribution in [2.75, 3.05) is 5.32 Å². The van der Waals surface area contributed by atoms with Gasteiger partial charge in [-0.3, -0.25) is 4.79 Å². The van der Waals surface area contributed by atoms with E-state index in [0.717, 1.165) is 5.56 Å². The van der Waals surface area contributed by atoms with Crippen molar-refractivity contribution in [2.45, 2.75) is 76.9 Å². The van der Waals surface area contributed by atoms with E-state index in [0.29, 0.717) is 5.69 Å². The first-order valence-corrected chi connectivity index (χ1v) is 8.88. The van der Waals surface area contributed by atoms with Gasteiger partial charge in [-0.1, -0.05) is 17.7 Å². The molecular formula is C19H25NO6. The van der Waals surface area contributed by atoms with Crippen molar-refractivity contribution < 1.29 is 28.5 Å². The minimum absolute atomic E-state index is 0.295. The Bertz CT molecular complexity index is 700. The van der Waals surface area contributed by atoms with Crippen molar-refractivity contribution in [1.82, 2.24) is 0 Å². The van der Waals surface area contributed by atoms with Gasteiger partial charge in [-0.15, -0.1) is 0 Å². The van der Waals surface area contributed by atoms with Crippen molar-refractivity contribution in [3.63, 3.8) is 0 Å². The van der Waals surface area contributed by atoms with E-state index in [4.69, 9.17) is 23.7 Å². The van der Waals surface area contributed by atoms with Gasteiger partial charge in [-0.2, -0.15) is 0 Å². The number of fused-ring (bicyclic) bond motifs is 3. The fraction of sp³-hybridized carbons (Fsp3) is 0.632. The minimum Gasteiger partial charge on any atom is -0.342 e. The second-order valence-corrected chi connectivity index (χ2v) is 7.95. The summed E-state index contributed by atoms with van der Waals surface area (Å²) in [6.07, 6.45) is -3.01. The number of hydrogen-bond acceptors (Lipinski definition) is 6. The second-order valence-electron chi connectivity index (χ2n) is 7.95. The number of carbonyl (C=O) groups excluding carboxylic acids is 1. The van der Waals surface area contributed by atoms with E-state index in [9.17, 15) is 4.79 Å². The fourth-order valence-corrected chi connectivity index (χ4v) is 3.67. The standard InChI is InChI=1S/C19H25NO6/c1-10-6-8-11(9-7-10)20-16(21)14-12-13(24-18(2,3)23-12)15-17(22-14)26-19(4,5)25-15/h6-9,12-15,17H,1-5H3,(H,20,21)/t12-,13-,14+,15+,17+/m0/s1. The average Bonchev–Trinajstić information content (AvgIpc) is 3.02. The van der Waals surface area contributed by atoms with Gasteiger partial charge in [0.2, 0.25) is 0 Å². The number of anilines is 1. The van der Waals surface area contributed by atoms with Gasteiger partial charge in [-0.25, -0.2) is 0 Å². The highest BCUT2D eigenvalue weighted by molar-refractivity contribution is 5.94. The van der Waals surface area contributed by atoms with E-state index in [1.807, 2.05) is 58.9 Å². The van der Waals surface area contributed by atoms with Crippen LogP contribution in [0.2, 0.25) is 0 Å². The Morgan fingerprint density at radius 1 is 0.885 bits per heavy atom. The Hall–Kier alpha value is -1.51. The van der Waals surface area contributed by atoms with Crippen LogP contribution < -0.4 is 5.32 Å². The van der Waals surface area contributed by atoms with Gasteiger partial charge in [-0.05, 0) is 46.8 Å². The van der Waals surface area contributed by atoms with Gasteiger partial charge < -0.3 is 29.0 Å². The van der Waals surface area contributed by atoms with Gasteiger partial charge in [0.1, 0.15) is 18.3 Å². The number of benzene rings is 1. The van der Waals surface area contributed by atoms with Gasteiger partial charge in [0.25, 0.3) is 5.91 Å². The summed E-state index contributed by atoms with van der Waals surface area (Å²) in [5.41, 5.74) is 1.82. The molecule has 0 unspecified atom stereocenters. The van der Waals surface area contributed by atoms with Crippen molar-refractivity contribution in [1.29, 1.82) is 0 Å². The van der Waals surface area contributed by atoms with Crippen LogP contribution in [0, 0.1) is 6.92 Å². The largest absolute Gasteiger partial charge is 0.342 e. The highest BCUT2D eigenvalue weighted by atomic mass is 16.9.